The smallest absolute Gasteiger partial charge is 0.241 e. The molecule has 0 saturated carbocycles. The Labute approximate surface area is 162 Å². The molecule has 0 spiro atoms. The fourth-order valence-electron chi connectivity index (χ4n) is 3.56. The fraction of sp³-hybridized carbons (Fsp3) is 0.611. The lowest BCUT2D eigenvalue weighted by Gasteiger charge is -2.35. The molecule has 1 aromatic rings. The van der Waals surface area contributed by atoms with Crippen molar-refractivity contribution in [1.29, 1.82) is 0 Å². The molecule has 3 rings (SSSR count). The number of hydrogen-bond acceptors (Lipinski definition) is 4. The van der Waals surface area contributed by atoms with Crippen molar-refractivity contribution in [3.63, 3.8) is 0 Å². The molecule has 0 aromatic heterocycles. The van der Waals surface area contributed by atoms with Crippen LogP contribution in [0.25, 0.3) is 0 Å². The zero-order valence-corrected chi connectivity index (χ0v) is 16.5. The summed E-state index contributed by atoms with van der Waals surface area (Å²) in [4.78, 5) is 14.6. The van der Waals surface area contributed by atoms with Crippen LogP contribution in [0.5, 0.6) is 0 Å². The molecule has 0 radical (unpaired) electrons. The van der Waals surface area contributed by atoms with Crippen LogP contribution in [0.2, 0.25) is 0 Å². The molecule has 2 aliphatic heterocycles. The first-order valence-electron chi connectivity index (χ1n) is 8.61. The summed E-state index contributed by atoms with van der Waals surface area (Å²) in [6.45, 7) is 7.97. The maximum atomic E-state index is 12.2. The van der Waals surface area contributed by atoms with E-state index in [2.05, 4.69) is 41.5 Å². The maximum absolute atomic E-state index is 12.2. The topological polar surface area (TPSA) is 53.6 Å². The van der Waals surface area contributed by atoms with Crippen LogP contribution in [0.1, 0.15) is 32.3 Å². The number of carbonyl (C=O) groups excluding carboxylic acids is 1. The van der Waals surface area contributed by atoms with Crippen molar-refractivity contribution in [2.24, 2.45) is 0 Å². The Morgan fingerprint density at radius 1 is 1.28 bits per heavy atom. The van der Waals surface area contributed by atoms with Crippen LogP contribution in [0.4, 0.5) is 5.69 Å². The lowest BCUT2D eigenvalue weighted by Crippen LogP contribution is -2.44. The molecule has 0 aliphatic carbocycles. The summed E-state index contributed by atoms with van der Waals surface area (Å²) in [6.07, 6.45) is 2.55. The molecule has 2 heterocycles. The van der Waals surface area contributed by atoms with E-state index in [0.717, 1.165) is 44.7 Å². The molecular formula is C18H29Cl2N3O2. The lowest BCUT2D eigenvalue weighted by molar-refractivity contribution is -0.117. The van der Waals surface area contributed by atoms with Crippen LogP contribution >= 0.6 is 24.8 Å². The minimum atomic E-state index is -0.0420. The predicted molar refractivity (Wildman–Crippen MR) is 106 cm³/mol. The van der Waals surface area contributed by atoms with Crippen molar-refractivity contribution in [2.75, 3.05) is 25.0 Å². The normalized spacial score (nSPS) is 26.4. The van der Waals surface area contributed by atoms with Gasteiger partial charge < -0.3 is 15.4 Å². The van der Waals surface area contributed by atoms with Crippen LogP contribution in [0.3, 0.4) is 0 Å². The highest BCUT2D eigenvalue weighted by Crippen LogP contribution is 2.17. The molecular weight excluding hydrogens is 361 g/mol. The van der Waals surface area contributed by atoms with Gasteiger partial charge in [-0.05, 0) is 50.9 Å². The van der Waals surface area contributed by atoms with Crippen molar-refractivity contribution < 1.29 is 9.53 Å². The molecule has 2 fully saturated rings. The number of hydrogen-bond donors (Lipinski definition) is 2. The summed E-state index contributed by atoms with van der Waals surface area (Å²) >= 11 is 0. The van der Waals surface area contributed by atoms with Gasteiger partial charge in [0.05, 0.1) is 18.2 Å². The highest BCUT2D eigenvalue weighted by Gasteiger charge is 2.23. The van der Waals surface area contributed by atoms with Crippen molar-refractivity contribution in [3.05, 3.63) is 29.8 Å². The van der Waals surface area contributed by atoms with Crippen molar-refractivity contribution in [2.45, 2.75) is 51.5 Å². The second-order valence-corrected chi connectivity index (χ2v) is 6.79. The molecule has 3 unspecified atom stereocenters. The second kappa shape index (κ2) is 10.3. The van der Waals surface area contributed by atoms with Gasteiger partial charge in [-0.1, -0.05) is 12.1 Å². The van der Waals surface area contributed by atoms with Crippen LogP contribution in [-0.2, 0) is 16.1 Å². The van der Waals surface area contributed by atoms with Gasteiger partial charge in [-0.15, -0.1) is 24.8 Å². The van der Waals surface area contributed by atoms with Crippen LogP contribution in [-0.4, -0.2) is 48.7 Å². The highest BCUT2D eigenvalue weighted by molar-refractivity contribution is 5.95. The lowest BCUT2D eigenvalue weighted by atomic mass is 10.1. The number of nitrogens with zero attached hydrogens (tertiary/aromatic N) is 1. The monoisotopic (exact) mass is 389 g/mol. The maximum Gasteiger partial charge on any atom is 0.241 e. The Morgan fingerprint density at radius 2 is 2.00 bits per heavy atom. The molecule has 7 heteroatoms. The van der Waals surface area contributed by atoms with Gasteiger partial charge in [-0.3, -0.25) is 9.69 Å². The molecule has 2 aliphatic rings. The SMILES string of the molecule is CC1CN(Cc2cccc(NC(=O)C3CCCN3)c2)CC(C)O1.Cl.Cl. The minimum absolute atomic E-state index is 0. The summed E-state index contributed by atoms with van der Waals surface area (Å²) in [5, 5.41) is 6.27. The largest absolute Gasteiger partial charge is 0.373 e. The van der Waals surface area contributed by atoms with E-state index in [9.17, 15) is 4.79 Å². The highest BCUT2D eigenvalue weighted by atomic mass is 35.5. The molecule has 1 amide bonds. The molecule has 3 atom stereocenters. The number of amides is 1. The van der Waals surface area contributed by atoms with Crippen molar-refractivity contribution in [3.8, 4) is 0 Å². The third kappa shape index (κ3) is 6.42. The summed E-state index contributed by atoms with van der Waals surface area (Å²) < 4.78 is 5.78. The number of benzene rings is 1. The first-order valence-corrected chi connectivity index (χ1v) is 8.61. The Kier molecular flexibility index (Phi) is 9.17. The van der Waals surface area contributed by atoms with Gasteiger partial charge in [-0.25, -0.2) is 0 Å². The van der Waals surface area contributed by atoms with E-state index >= 15 is 0 Å². The van der Waals surface area contributed by atoms with E-state index in [0.29, 0.717) is 0 Å². The molecule has 5 nitrogen and oxygen atoms in total. The predicted octanol–water partition coefficient (Wildman–Crippen LogP) is 2.83. The zero-order valence-electron chi connectivity index (χ0n) is 14.9. The Bertz CT molecular complexity index is 543. The van der Waals surface area contributed by atoms with Crippen LogP contribution in [0.15, 0.2) is 24.3 Å². The van der Waals surface area contributed by atoms with Crippen molar-refractivity contribution in [1.82, 2.24) is 10.2 Å². The number of ether oxygens (including phenoxy) is 1. The standard InChI is InChI=1S/C18H27N3O2.2ClH/c1-13-10-21(11-14(2)23-13)12-15-5-3-6-16(9-15)20-18(22)17-7-4-8-19-17;;/h3,5-6,9,13-14,17,19H,4,7-8,10-12H2,1-2H3,(H,20,22);2*1H. The Morgan fingerprint density at radius 3 is 2.64 bits per heavy atom. The van der Waals surface area contributed by atoms with E-state index in [1.165, 1.54) is 5.56 Å². The summed E-state index contributed by atoms with van der Waals surface area (Å²) in [5.41, 5.74) is 2.11. The quantitative estimate of drug-likeness (QED) is 0.830. The summed E-state index contributed by atoms with van der Waals surface area (Å²) in [6, 6.07) is 8.13. The first-order chi connectivity index (χ1) is 11.1. The van der Waals surface area contributed by atoms with Crippen LogP contribution < -0.4 is 10.6 Å². The molecule has 2 N–H and O–H groups in total. The van der Waals surface area contributed by atoms with Crippen molar-refractivity contribution >= 4 is 36.4 Å². The van der Waals surface area contributed by atoms with E-state index in [1.54, 1.807) is 0 Å². The number of rotatable bonds is 4. The molecule has 25 heavy (non-hydrogen) atoms. The average Bonchev–Trinajstić information content (AvgIpc) is 3.00. The minimum Gasteiger partial charge on any atom is -0.373 e. The van der Waals surface area contributed by atoms with Gasteiger partial charge in [0.25, 0.3) is 0 Å². The zero-order chi connectivity index (χ0) is 16.2. The molecule has 0 bridgehead atoms. The summed E-state index contributed by atoms with van der Waals surface area (Å²) in [5.74, 6) is 0.0771. The third-order valence-electron chi connectivity index (χ3n) is 4.47. The van der Waals surface area contributed by atoms with Gasteiger partial charge in [0.1, 0.15) is 0 Å². The average molecular weight is 390 g/mol. The van der Waals surface area contributed by atoms with Gasteiger partial charge in [0, 0.05) is 25.3 Å². The second-order valence-electron chi connectivity index (χ2n) is 6.79. The molecule has 2 saturated heterocycles. The van der Waals surface area contributed by atoms with E-state index in [1.807, 2.05) is 12.1 Å². The molecule has 1 aromatic carbocycles. The van der Waals surface area contributed by atoms with E-state index < -0.39 is 0 Å². The molecule has 142 valence electrons. The number of nitrogens with one attached hydrogen (secondary N) is 2. The Balaban J connectivity index is 0.00000156. The number of halogens is 2. The summed E-state index contributed by atoms with van der Waals surface area (Å²) in [7, 11) is 0. The van der Waals surface area contributed by atoms with Gasteiger partial charge >= 0.3 is 0 Å². The third-order valence-corrected chi connectivity index (χ3v) is 4.47. The fourth-order valence-corrected chi connectivity index (χ4v) is 3.56. The number of carbonyl (C=O) groups is 1. The van der Waals surface area contributed by atoms with E-state index in [4.69, 9.17) is 4.74 Å². The van der Waals surface area contributed by atoms with Gasteiger partial charge in [0.2, 0.25) is 5.91 Å². The van der Waals surface area contributed by atoms with Crippen LogP contribution in [0, 0.1) is 0 Å². The first kappa shape index (κ1) is 22.2. The van der Waals surface area contributed by atoms with Gasteiger partial charge in [-0.2, -0.15) is 0 Å². The van der Waals surface area contributed by atoms with E-state index in [-0.39, 0.29) is 49.0 Å². The Hall–Kier alpha value is -0.850. The number of morpholine rings is 1. The van der Waals surface area contributed by atoms with Gasteiger partial charge in [0.15, 0.2) is 0 Å². The number of anilines is 1.